The van der Waals surface area contributed by atoms with Gasteiger partial charge < -0.3 is 5.73 Å². The molecule has 110 valence electrons. The van der Waals surface area contributed by atoms with Gasteiger partial charge in [0.25, 0.3) is 0 Å². The first-order valence-corrected chi connectivity index (χ1v) is 6.86. The van der Waals surface area contributed by atoms with E-state index in [1.165, 1.54) is 6.07 Å². The van der Waals surface area contributed by atoms with Crippen molar-refractivity contribution in [1.82, 2.24) is 0 Å². The molecule has 1 atom stereocenters. The Morgan fingerprint density at radius 1 is 1.21 bits per heavy atom. The lowest BCUT2D eigenvalue weighted by Crippen LogP contribution is -2.12. The van der Waals surface area contributed by atoms with Crippen LogP contribution in [0.25, 0.3) is 0 Å². The molecule has 0 aromatic heterocycles. The Morgan fingerprint density at radius 2 is 1.84 bits per heavy atom. The first-order chi connectivity index (χ1) is 8.44. The first-order valence-electron chi connectivity index (χ1n) is 6.04. The third-order valence-electron chi connectivity index (χ3n) is 2.66. The van der Waals surface area contributed by atoms with Gasteiger partial charge >= 0.3 is 5.51 Å². The van der Waals surface area contributed by atoms with Crippen LogP contribution in [-0.4, -0.2) is 5.51 Å². The third kappa shape index (κ3) is 7.09. The van der Waals surface area contributed by atoms with E-state index in [1.54, 1.807) is 18.2 Å². The maximum absolute atomic E-state index is 12.4. The van der Waals surface area contributed by atoms with E-state index in [-0.39, 0.29) is 35.1 Å². The van der Waals surface area contributed by atoms with Gasteiger partial charge in [-0.25, -0.2) is 0 Å². The van der Waals surface area contributed by atoms with Crippen LogP contribution in [0.1, 0.15) is 44.2 Å². The molecule has 0 aliphatic rings. The molecule has 0 saturated carbocycles. The van der Waals surface area contributed by atoms with Crippen LogP contribution >= 0.6 is 24.2 Å². The van der Waals surface area contributed by atoms with E-state index >= 15 is 0 Å². The molecule has 0 fully saturated rings. The number of alkyl halides is 3. The van der Waals surface area contributed by atoms with Gasteiger partial charge in [0.2, 0.25) is 0 Å². The zero-order valence-electron chi connectivity index (χ0n) is 10.7. The maximum atomic E-state index is 12.4. The predicted molar refractivity (Wildman–Crippen MR) is 76.7 cm³/mol. The van der Waals surface area contributed by atoms with E-state index in [0.29, 0.717) is 5.56 Å². The van der Waals surface area contributed by atoms with Gasteiger partial charge in [0.05, 0.1) is 0 Å². The lowest BCUT2D eigenvalue weighted by Gasteiger charge is -2.16. The number of thioether (sulfide) groups is 1. The van der Waals surface area contributed by atoms with Crippen LogP contribution in [0.4, 0.5) is 13.2 Å². The highest BCUT2D eigenvalue weighted by Crippen LogP contribution is 2.40. The standard InChI is InChI=1S/C13H18F3NS.ClH/c1-2-3-4-8-11(17)10-7-5-6-9-12(10)18-13(14,15)16;/h5-7,9,11H,2-4,8,17H2,1H3;1H/t11-;/m0./s1. The summed E-state index contributed by atoms with van der Waals surface area (Å²) in [6, 6.07) is 6.19. The molecule has 0 aliphatic heterocycles. The van der Waals surface area contributed by atoms with E-state index < -0.39 is 5.51 Å². The van der Waals surface area contributed by atoms with Crippen molar-refractivity contribution in [2.45, 2.75) is 49.1 Å². The summed E-state index contributed by atoms with van der Waals surface area (Å²) in [6.45, 7) is 2.08. The summed E-state index contributed by atoms with van der Waals surface area (Å²) < 4.78 is 37.2. The summed E-state index contributed by atoms with van der Waals surface area (Å²) in [4.78, 5) is 0.217. The second-order valence-electron chi connectivity index (χ2n) is 4.19. The smallest absolute Gasteiger partial charge is 0.324 e. The Morgan fingerprint density at radius 3 is 2.42 bits per heavy atom. The van der Waals surface area contributed by atoms with Gasteiger partial charge in [0, 0.05) is 10.9 Å². The van der Waals surface area contributed by atoms with E-state index in [2.05, 4.69) is 6.92 Å². The number of rotatable bonds is 6. The van der Waals surface area contributed by atoms with E-state index in [1.807, 2.05) is 0 Å². The first kappa shape index (κ1) is 18.6. The van der Waals surface area contributed by atoms with Crippen LogP contribution in [0.5, 0.6) is 0 Å². The Kier molecular flexibility index (Phi) is 8.54. The predicted octanol–water partition coefficient (Wildman–Crippen LogP) is 5.30. The minimum atomic E-state index is -4.26. The van der Waals surface area contributed by atoms with Crippen molar-refractivity contribution in [2.24, 2.45) is 5.73 Å². The summed E-state index contributed by atoms with van der Waals surface area (Å²) in [5, 5.41) is 0. The summed E-state index contributed by atoms with van der Waals surface area (Å²) in [5.41, 5.74) is 2.30. The quantitative estimate of drug-likeness (QED) is 0.569. The molecule has 6 heteroatoms. The van der Waals surface area contributed by atoms with Gasteiger partial charge in [-0.3, -0.25) is 0 Å². The van der Waals surface area contributed by atoms with Gasteiger partial charge in [-0.2, -0.15) is 13.2 Å². The molecule has 0 heterocycles. The molecule has 1 nitrogen and oxygen atoms in total. The number of unbranched alkanes of at least 4 members (excludes halogenated alkanes) is 2. The van der Waals surface area contributed by atoms with Crippen molar-refractivity contribution in [1.29, 1.82) is 0 Å². The van der Waals surface area contributed by atoms with Crippen LogP contribution in [-0.2, 0) is 0 Å². The Labute approximate surface area is 122 Å². The third-order valence-corrected chi connectivity index (χ3v) is 3.49. The van der Waals surface area contributed by atoms with E-state index in [9.17, 15) is 13.2 Å². The van der Waals surface area contributed by atoms with Crippen molar-refractivity contribution >= 4 is 24.2 Å². The zero-order valence-corrected chi connectivity index (χ0v) is 12.4. The van der Waals surface area contributed by atoms with Crippen LogP contribution in [0.15, 0.2) is 29.2 Å². The number of benzene rings is 1. The molecule has 0 amide bonds. The molecule has 0 bridgehead atoms. The molecule has 0 saturated heterocycles. The Hall–Kier alpha value is -0.390. The van der Waals surface area contributed by atoms with Gasteiger partial charge in [-0.15, -0.1) is 12.4 Å². The highest BCUT2D eigenvalue weighted by molar-refractivity contribution is 8.00. The molecule has 0 spiro atoms. The molecular weight excluding hydrogens is 295 g/mol. The minimum absolute atomic E-state index is 0. The number of hydrogen-bond acceptors (Lipinski definition) is 2. The Balaban J connectivity index is 0.00000324. The van der Waals surface area contributed by atoms with Crippen molar-refractivity contribution < 1.29 is 13.2 Å². The van der Waals surface area contributed by atoms with Gasteiger partial charge in [0.1, 0.15) is 0 Å². The van der Waals surface area contributed by atoms with Gasteiger partial charge in [-0.05, 0) is 29.8 Å². The summed E-state index contributed by atoms with van der Waals surface area (Å²) in [5.74, 6) is 0. The molecule has 19 heavy (non-hydrogen) atoms. The molecular formula is C13H19ClF3NS. The second kappa shape index (κ2) is 8.72. The molecule has 0 aliphatic carbocycles. The monoisotopic (exact) mass is 313 g/mol. The second-order valence-corrected chi connectivity index (χ2v) is 5.29. The largest absolute Gasteiger partial charge is 0.446 e. The fourth-order valence-corrected chi connectivity index (χ4v) is 2.51. The van der Waals surface area contributed by atoms with Gasteiger partial charge in [-0.1, -0.05) is 44.4 Å². The van der Waals surface area contributed by atoms with E-state index in [4.69, 9.17) is 5.73 Å². The fraction of sp³-hybridized carbons (Fsp3) is 0.538. The average Bonchev–Trinajstić information content (AvgIpc) is 2.27. The van der Waals surface area contributed by atoms with Crippen molar-refractivity contribution in [3.63, 3.8) is 0 Å². The summed E-state index contributed by atoms with van der Waals surface area (Å²) in [7, 11) is 0. The highest BCUT2D eigenvalue weighted by atomic mass is 35.5. The summed E-state index contributed by atoms with van der Waals surface area (Å²) in [6.07, 6.45) is 3.81. The molecule has 1 rings (SSSR count). The summed E-state index contributed by atoms with van der Waals surface area (Å²) >= 11 is -0.0851. The van der Waals surface area contributed by atoms with Crippen LogP contribution in [0, 0.1) is 0 Å². The zero-order chi connectivity index (χ0) is 13.6. The number of halogens is 4. The fourth-order valence-electron chi connectivity index (χ4n) is 1.77. The Bertz CT molecular complexity index is 371. The van der Waals surface area contributed by atoms with Crippen LogP contribution < -0.4 is 5.73 Å². The lowest BCUT2D eigenvalue weighted by atomic mass is 10.0. The molecule has 2 N–H and O–H groups in total. The van der Waals surface area contributed by atoms with Crippen LogP contribution in [0.3, 0.4) is 0 Å². The topological polar surface area (TPSA) is 26.0 Å². The van der Waals surface area contributed by atoms with Crippen molar-refractivity contribution in [2.75, 3.05) is 0 Å². The molecule has 1 aromatic rings. The number of hydrogen-bond donors (Lipinski definition) is 1. The molecule has 0 unspecified atom stereocenters. The minimum Gasteiger partial charge on any atom is -0.324 e. The highest BCUT2D eigenvalue weighted by Gasteiger charge is 2.30. The van der Waals surface area contributed by atoms with Crippen molar-refractivity contribution in [3.05, 3.63) is 29.8 Å². The lowest BCUT2D eigenvalue weighted by molar-refractivity contribution is -0.0328. The average molecular weight is 314 g/mol. The number of nitrogens with two attached hydrogens (primary N) is 1. The SMILES string of the molecule is CCCCC[C@H](N)c1ccccc1SC(F)(F)F.Cl. The normalized spacial score (nSPS) is 12.9. The van der Waals surface area contributed by atoms with Crippen LogP contribution in [0.2, 0.25) is 0 Å². The van der Waals surface area contributed by atoms with Crippen molar-refractivity contribution in [3.8, 4) is 0 Å². The maximum Gasteiger partial charge on any atom is 0.446 e. The van der Waals surface area contributed by atoms with Gasteiger partial charge in [0.15, 0.2) is 0 Å². The molecule has 1 aromatic carbocycles. The molecule has 0 radical (unpaired) electrons. The van der Waals surface area contributed by atoms with E-state index in [0.717, 1.165) is 25.7 Å².